The summed E-state index contributed by atoms with van der Waals surface area (Å²) in [4.78, 5) is 12.1. The van der Waals surface area contributed by atoms with Crippen LogP contribution < -0.4 is 5.32 Å². The molecule has 0 heterocycles. The smallest absolute Gasteiger partial charge is 0.252 e. The predicted octanol–water partition coefficient (Wildman–Crippen LogP) is 3.00. The van der Waals surface area contributed by atoms with Gasteiger partial charge < -0.3 is 10.4 Å². The van der Waals surface area contributed by atoms with Crippen LogP contribution in [0.5, 0.6) is 0 Å². The highest BCUT2D eigenvalue weighted by atomic mass is 127. The maximum Gasteiger partial charge on any atom is 0.252 e. The van der Waals surface area contributed by atoms with E-state index in [-0.39, 0.29) is 18.6 Å². The highest BCUT2D eigenvalue weighted by Crippen LogP contribution is 2.22. The summed E-state index contributed by atoms with van der Waals surface area (Å²) in [6.45, 7) is 1.91. The molecule has 94 valence electrons. The molecule has 1 atom stereocenters. The number of aliphatic hydroxyl groups excluding tert-OH is 1. The Balaban J connectivity index is 2.96. The van der Waals surface area contributed by atoms with Crippen molar-refractivity contribution in [1.82, 2.24) is 5.32 Å². The Kier molecular flexibility index (Phi) is 6.95. The molecule has 6 heteroatoms. The van der Waals surface area contributed by atoms with Gasteiger partial charge in [0.2, 0.25) is 0 Å². The maximum atomic E-state index is 12.1. The summed E-state index contributed by atoms with van der Waals surface area (Å²) in [5.74, 6) is -0.119. The molecule has 1 amide bonds. The van der Waals surface area contributed by atoms with Crippen molar-refractivity contribution in [2.24, 2.45) is 0 Å². The van der Waals surface area contributed by atoms with Crippen LogP contribution in [-0.2, 0) is 0 Å². The molecule has 1 aromatic rings. The maximum absolute atomic E-state index is 12.1. The Morgan fingerprint density at radius 2 is 2.06 bits per heavy atom. The van der Waals surface area contributed by atoms with Gasteiger partial charge in [-0.2, -0.15) is 0 Å². The number of hydrogen-bond donors (Lipinski definition) is 2. The van der Waals surface area contributed by atoms with E-state index in [9.17, 15) is 4.79 Å². The summed E-state index contributed by atoms with van der Waals surface area (Å²) in [6, 6.07) is 3.72. The molecule has 1 aromatic carbocycles. The van der Waals surface area contributed by atoms with E-state index in [1.807, 2.05) is 19.1 Å². The molecule has 0 saturated carbocycles. The standard InChI is InChI=1S/C11H12I3NO2/c1-2-7(5-16)15-11(17)8-3-6(12)4-9(13)10(8)14/h3-4,7,16H,2,5H2,1H3,(H,15,17)/t7-/m1/s1. The van der Waals surface area contributed by atoms with Crippen LogP contribution in [0.2, 0.25) is 0 Å². The average molecular weight is 571 g/mol. The first-order chi connectivity index (χ1) is 7.99. The van der Waals surface area contributed by atoms with E-state index in [0.29, 0.717) is 5.56 Å². The highest BCUT2D eigenvalue weighted by molar-refractivity contribution is 14.1. The van der Waals surface area contributed by atoms with Gasteiger partial charge >= 0.3 is 0 Å². The fourth-order valence-electron chi connectivity index (χ4n) is 1.26. The van der Waals surface area contributed by atoms with Gasteiger partial charge in [-0.3, -0.25) is 4.79 Å². The first-order valence-corrected chi connectivity index (χ1v) is 8.29. The van der Waals surface area contributed by atoms with E-state index >= 15 is 0 Å². The minimum absolute atomic E-state index is 0.0279. The van der Waals surface area contributed by atoms with Gasteiger partial charge in [-0.1, -0.05) is 6.92 Å². The summed E-state index contributed by atoms with van der Waals surface area (Å²) < 4.78 is 3.06. The lowest BCUT2D eigenvalue weighted by Gasteiger charge is -2.15. The zero-order chi connectivity index (χ0) is 13.0. The molecule has 3 nitrogen and oxygen atoms in total. The Morgan fingerprint density at radius 3 is 2.59 bits per heavy atom. The lowest BCUT2D eigenvalue weighted by Crippen LogP contribution is -2.37. The lowest BCUT2D eigenvalue weighted by molar-refractivity contribution is 0.0914. The molecule has 17 heavy (non-hydrogen) atoms. The summed E-state index contributed by atoms with van der Waals surface area (Å²) in [5, 5.41) is 11.9. The van der Waals surface area contributed by atoms with Crippen molar-refractivity contribution < 1.29 is 9.90 Å². The topological polar surface area (TPSA) is 49.3 Å². The number of hydrogen-bond acceptors (Lipinski definition) is 2. The summed E-state index contributed by atoms with van der Waals surface area (Å²) >= 11 is 6.59. The van der Waals surface area contributed by atoms with Crippen LogP contribution in [0.4, 0.5) is 0 Å². The number of benzene rings is 1. The van der Waals surface area contributed by atoms with E-state index in [2.05, 4.69) is 73.1 Å². The minimum Gasteiger partial charge on any atom is -0.394 e. The molecular weight excluding hydrogens is 559 g/mol. The number of carbonyl (C=O) groups excluding carboxylic acids is 1. The number of aliphatic hydroxyl groups is 1. The summed E-state index contributed by atoms with van der Waals surface area (Å²) in [7, 11) is 0. The molecule has 1 rings (SSSR count). The van der Waals surface area contributed by atoms with E-state index in [4.69, 9.17) is 5.11 Å². The van der Waals surface area contributed by atoms with E-state index < -0.39 is 0 Å². The SMILES string of the molecule is CC[C@H](CO)NC(=O)c1cc(I)cc(I)c1I. The van der Waals surface area contributed by atoms with Crippen molar-refractivity contribution in [3.8, 4) is 0 Å². The minimum atomic E-state index is -0.172. The normalized spacial score (nSPS) is 12.3. The van der Waals surface area contributed by atoms with Gasteiger partial charge in [0, 0.05) is 10.7 Å². The van der Waals surface area contributed by atoms with Crippen molar-refractivity contribution in [1.29, 1.82) is 0 Å². The van der Waals surface area contributed by atoms with Gasteiger partial charge in [-0.15, -0.1) is 0 Å². The van der Waals surface area contributed by atoms with Crippen molar-refractivity contribution in [3.63, 3.8) is 0 Å². The van der Waals surface area contributed by atoms with Gasteiger partial charge in [-0.25, -0.2) is 0 Å². The van der Waals surface area contributed by atoms with Gasteiger partial charge in [0.25, 0.3) is 5.91 Å². The molecule has 0 aliphatic rings. The molecule has 0 spiro atoms. The predicted molar refractivity (Wildman–Crippen MR) is 93.2 cm³/mol. The zero-order valence-corrected chi connectivity index (χ0v) is 15.6. The molecular formula is C11H12I3NO2. The first kappa shape index (κ1) is 15.9. The number of rotatable bonds is 4. The fourth-order valence-corrected chi connectivity index (χ4v) is 3.66. The molecule has 0 saturated heterocycles. The average Bonchev–Trinajstić information content (AvgIpc) is 2.30. The summed E-state index contributed by atoms with van der Waals surface area (Å²) in [6.07, 6.45) is 0.722. The van der Waals surface area contributed by atoms with Gasteiger partial charge in [0.1, 0.15) is 0 Å². The molecule has 0 radical (unpaired) electrons. The van der Waals surface area contributed by atoms with Crippen molar-refractivity contribution in [2.75, 3.05) is 6.61 Å². The Morgan fingerprint density at radius 1 is 1.41 bits per heavy atom. The number of carbonyl (C=O) groups is 1. The van der Waals surface area contributed by atoms with E-state index in [0.717, 1.165) is 17.1 Å². The van der Waals surface area contributed by atoms with Crippen molar-refractivity contribution in [2.45, 2.75) is 19.4 Å². The third-order valence-corrected chi connectivity index (χ3v) is 5.95. The van der Waals surface area contributed by atoms with Crippen molar-refractivity contribution in [3.05, 3.63) is 28.4 Å². The Hall–Kier alpha value is 0.840. The number of nitrogens with one attached hydrogen (secondary N) is 1. The van der Waals surface area contributed by atoms with Crippen LogP contribution in [0.1, 0.15) is 23.7 Å². The monoisotopic (exact) mass is 571 g/mol. The fraction of sp³-hybridized carbons (Fsp3) is 0.364. The van der Waals surface area contributed by atoms with Crippen LogP contribution in [0, 0.1) is 10.7 Å². The largest absolute Gasteiger partial charge is 0.394 e. The first-order valence-electron chi connectivity index (χ1n) is 5.05. The number of amides is 1. The molecule has 2 N–H and O–H groups in total. The van der Waals surface area contributed by atoms with Gasteiger partial charge in [0.05, 0.1) is 18.2 Å². The molecule has 0 unspecified atom stereocenters. The summed E-state index contributed by atoms with van der Waals surface area (Å²) in [5.41, 5.74) is 0.675. The third-order valence-electron chi connectivity index (χ3n) is 2.29. The lowest BCUT2D eigenvalue weighted by atomic mass is 10.2. The Labute approximate surface area is 142 Å². The third kappa shape index (κ3) is 4.46. The van der Waals surface area contributed by atoms with Gasteiger partial charge in [0.15, 0.2) is 0 Å². The highest BCUT2D eigenvalue weighted by Gasteiger charge is 2.16. The van der Waals surface area contributed by atoms with Gasteiger partial charge in [-0.05, 0) is 86.3 Å². The molecule has 0 fully saturated rings. The van der Waals surface area contributed by atoms with Crippen LogP contribution in [0.25, 0.3) is 0 Å². The van der Waals surface area contributed by atoms with Crippen molar-refractivity contribution >= 4 is 73.7 Å². The van der Waals surface area contributed by atoms with Crippen LogP contribution >= 0.6 is 67.8 Å². The second-order valence-corrected chi connectivity index (χ2v) is 7.00. The quantitative estimate of drug-likeness (QED) is 0.432. The molecule has 0 aromatic heterocycles. The number of halogens is 3. The van der Waals surface area contributed by atoms with Crippen LogP contribution in [0.3, 0.4) is 0 Å². The van der Waals surface area contributed by atoms with E-state index in [1.165, 1.54) is 0 Å². The van der Waals surface area contributed by atoms with Crippen LogP contribution in [0.15, 0.2) is 12.1 Å². The van der Waals surface area contributed by atoms with E-state index in [1.54, 1.807) is 0 Å². The zero-order valence-electron chi connectivity index (χ0n) is 9.14. The molecule has 0 aliphatic heterocycles. The Bertz CT molecular complexity index is 419. The molecule has 0 bridgehead atoms. The van der Waals surface area contributed by atoms with Crippen LogP contribution in [-0.4, -0.2) is 23.7 Å². The second-order valence-electron chi connectivity index (χ2n) is 3.51. The molecule has 0 aliphatic carbocycles. The second kappa shape index (κ2) is 7.43.